The van der Waals surface area contributed by atoms with Crippen LogP contribution in [0.2, 0.25) is 0 Å². The number of hydrogen-bond donors (Lipinski definition) is 1. The zero-order valence-electron chi connectivity index (χ0n) is 12.4. The van der Waals surface area contributed by atoms with Crippen LogP contribution >= 0.6 is 0 Å². The van der Waals surface area contributed by atoms with Crippen molar-refractivity contribution >= 4 is 17.6 Å². The highest BCUT2D eigenvalue weighted by Gasteiger charge is 2.13. The Morgan fingerprint density at radius 2 is 1.76 bits per heavy atom. The van der Waals surface area contributed by atoms with E-state index in [1.54, 1.807) is 13.2 Å². The lowest BCUT2D eigenvalue weighted by Crippen LogP contribution is -2.02. The van der Waals surface area contributed by atoms with E-state index in [0.717, 1.165) is 28.0 Å². The maximum atomic E-state index is 11.6. The molecular formula is C18H18O3. The van der Waals surface area contributed by atoms with Gasteiger partial charge in [0.25, 0.3) is 0 Å². The zero-order valence-corrected chi connectivity index (χ0v) is 12.4. The largest absolute Gasteiger partial charge is 0.497 e. The van der Waals surface area contributed by atoms with Crippen LogP contribution in [-0.2, 0) is 4.79 Å². The first-order valence-electron chi connectivity index (χ1n) is 6.68. The van der Waals surface area contributed by atoms with E-state index in [4.69, 9.17) is 4.74 Å². The zero-order chi connectivity index (χ0) is 15.4. The first-order valence-corrected chi connectivity index (χ1v) is 6.68. The fraction of sp³-hybridized carbons (Fsp3) is 0.167. The van der Waals surface area contributed by atoms with E-state index in [9.17, 15) is 9.90 Å². The monoisotopic (exact) mass is 282 g/mol. The van der Waals surface area contributed by atoms with Crippen LogP contribution in [-0.4, -0.2) is 18.2 Å². The van der Waals surface area contributed by atoms with Gasteiger partial charge in [-0.3, -0.25) is 0 Å². The smallest absolute Gasteiger partial charge is 0.336 e. The molecule has 0 heterocycles. The lowest BCUT2D eigenvalue weighted by Gasteiger charge is -2.09. The number of aliphatic carboxylic acids is 1. The van der Waals surface area contributed by atoms with Gasteiger partial charge >= 0.3 is 5.97 Å². The van der Waals surface area contributed by atoms with Gasteiger partial charge in [0.1, 0.15) is 5.75 Å². The van der Waals surface area contributed by atoms with Gasteiger partial charge in [0, 0.05) is 0 Å². The normalized spacial score (nSPS) is 11.3. The Morgan fingerprint density at radius 3 is 2.33 bits per heavy atom. The molecule has 0 saturated carbocycles. The number of hydrogen-bond acceptors (Lipinski definition) is 2. The summed E-state index contributed by atoms with van der Waals surface area (Å²) in [5.41, 5.74) is 3.86. The van der Waals surface area contributed by atoms with E-state index >= 15 is 0 Å². The van der Waals surface area contributed by atoms with Crippen LogP contribution in [0.25, 0.3) is 11.6 Å². The molecule has 0 aromatic heterocycles. The van der Waals surface area contributed by atoms with Gasteiger partial charge in [0.05, 0.1) is 12.7 Å². The molecular weight excluding hydrogens is 264 g/mol. The van der Waals surface area contributed by atoms with Crippen LogP contribution in [0.3, 0.4) is 0 Å². The molecule has 0 unspecified atom stereocenters. The van der Waals surface area contributed by atoms with Crippen molar-refractivity contribution in [3.05, 3.63) is 64.7 Å². The van der Waals surface area contributed by atoms with E-state index in [0.29, 0.717) is 5.57 Å². The van der Waals surface area contributed by atoms with Gasteiger partial charge in [0.15, 0.2) is 0 Å². The van der Waals surface area contributed by atoms with Crippen molar-refractivity contribution in [2.75, 3.05) is 7.11 Å². The SMILES string of the molecule is COc1ccc(/C=C(\C(=O)O)c2cc(C)ccc2C)cc1. The number of carboxylic acid groups (broad SMARTS) is 1. The second-order valence-electron chi connectivity index (χ2n) is 4.95. The van der Waals surface area contributed by atoms with E-state index < -0.39 is 5.97 Å². The second kappa shape index (κ2) is 6.27. The number of benzene rings is 2. The van der Waals surface area contributed by atoms with Crippen LogP contribution in [0.1, 0.15) is 22.3 Å². The summed E-state index contributed by atoms with van der Waals surface area (Å²) in [6.07, 6.45) is 1.68. The third-order valence-electron chi connectivity index (χ3n) is 3.34. The number of ether oxygens (including phenoxy) is 1. The summed E-state index contributed by atoms with van der Waals surface area (Å²) in [4.78, 5) is 11.6. The summed E-state index contributed by atoms with van der Waals surface area (Å²) in [7, 11) is 1.60. The van der Waals surface area contributed by atoms with Gasteiger partial charge < -0.3 is 9.84 Å². The van der Waals surface area contributed by atoms with Gasteiger partial charge in [-0.25, -0.2) is 4.79 Å². The molecule has 108 valence electrons. The molecule has 0 atom stereocenters. The quantitative estimate of drug-likeness (QED) is 0.682. The van der Waals surface area contributed by atoms with Gasteiger partial charge in [-0.1, -0.05) is 35.9 Å². The predicted molar refractivity (Wildman–Crippen MR) is 84.4 cm³/mol. The van der Waals surface area contributed by atoms with Crippen LogP contribution < -0.4 is 4.74 Å². The Bertz CT molecular complexity index is 682. The maximum Gasteiger partial charge on any atom is 0.336 e. The van der Waals surface area contributed by atoms with Gasteiger partial charge in [0.2, 0.25) is 0 Å². The number of rotatable bonds is 4. The molecule has 0 saturated heterocycles. The molecule has 0 radical (unpaired) electrons. The van der Waals surface area contributed by atoms with Crippen molar-refractivity contribution in [2.24, 2.45) is 0 Å². The molecule has 0 fully saturated rings. The highest BCUT2D eigenvalue weighted by atomic mass is 16.5. The number of methoxy groups -OCH3 is 1. The highest BCUT2D eigenvalue weighted by molar-refractivity contribution is 6.21. The van der Waals surface area contributed by atoms with Crippen molar-refractivity contribution in [3.63, 3.8) is 0 Å². The summed E-state index contributed by atoms with van der Waals surface area (Å²) >= 11 is 0. The predicted octanol–water partition coefficient (Wildman–Crippen LogP) is 3.94. The van der Waals surface area contributed by atoms with Gasteiger partial charge in [-0.05, 0) is 48.7 Å². The lowest BCUT2D eigenvalue weighted by atomic mass is 9.96. The topological polar surface area (TPSA) is 46.5 Å². The average Bonchev–Trinajstić information content (AvgIpc) is 2.48. The minimum atomic E-state index is -0.931. The summed E-state index contributed by atoms with van der Waals surface area (Å²) in [6, 6.07) is 13.1. The Balaban J connectivity index is 2.49. The molecule has 0 bridgehead atoms. The summed E-state index contributed by atoms with van der Waals surface area (Å²) in [5.74, 6) is -0.185. The van der Waals surface area contributed by atoms with Crippen molar-refractivity contribution in [3.8, 4) is 5.75 Å². The van der Waals surface area contributed by atoms with Crippen LogP contribution in [0, 0.1) is 13.8 Å². The molecule has 0 amide bonds. The average molecular weight is 282 g/mol. The minimum Gasteiger partial charge on any atom is -0.497 e. The summed E-state index contributed by atoms with van der Waals surface area (Å²) in [5, 5.41) is 9.51. The highest BCUT2D eigenvalue weighted by Crippen LogP contribution is 2.24. The van der Waals surface area contributed by atoms with E-state index in [1.807, 2.05) is 56.3 Å². The molecule has 2 aromatic carbocycles. The Labute approximate surface area is 124 Å². The van der Waals surface area contributed by atoms with Crippen molar-refractivity contribution in [1.29, 1.82) is 0 Å². The Kier molecular flexibility index (Phi) is 4.43. The van der Waals surface area contributed by atoms with Gasteiger partial charge in [-0.2, -0.15) is 0 Å². The molecule has 21 heavy (non-hydrogen) atoms. The molecule has 1 N–H and O–H groups in total. The number of aryl methyl sites for hydroxylation is 2. The fourth-order valence-electron chi connectivity index (χ4n) is 2.15. The summed E-state index contributed by atoms with van der Waals surface area (Å²) in [6.45, 7) is 3.87. The molecule has 2 aromatic rings. The minimum absolute atomic E-state index is 0.293. The van der Waals surface area contributed by atoms with Crippen LogP contribution in [0.5, 0.6) is 5.75 Å². The standard InChI is InChI=1S/C18H18O3/c1-12-4-5-13(2)16(10-12)17(18(19)20)11-14-6-8-15(21-3)9-7-14/h4-11H,1-3H3,(H,19,20)/b17-11-. The van der Waals surface area contributed by atoms with Crippen molar-refractivity contribution in [1.82, 2.24) is 0 Å². The van der Waals surface area contributed by atoms with E-state index in [2.05, 4.69) is 0 Å². The first-order chi connectivity index (χ1) is 10.0. The van der Waals surface area contributed by atoms with Crippen LogP contribution in [0.4, 0.5) is 0 Å². The van der Waals surface area contributed by atoms with E-state index in [-0.39, 0.29) is 0 Å². The Morgan fingerprint density at radius 1 is 1.10 bits per heavy atom. The molecule has 3 heteroatoms. The Hall–Kier alpha value is -2.55. The third kappa shape index (κ3) is 3.51. The first kappa shape index (κ1) is 14.9. The molecule has 3 nitrogen and oxygen atoms in total. The maximum absolute atomic E-state index is 11.6. The number of carboxylic acids is 1. The molecule has 2 rings (SSSR count). The van der Waals surface area contributed by atoms with Crippen molar-refractivity contribution < 1.29 is 14.6 Å². The summed E-state index contributed by atoms with van der Waals surface area (Å²) < 4.78 is 5.10. The van der Waals surface area contributed by atoms with Crippen molar-refractivity contribution in [2.45, 2.75) is 13.8 Å². The van der Waals surface area contributed by atoms with E-state index in [1.165, 1.54) is 0 Å². The van der Waals surface area contributed by atoms with Gasteiger partial charge in [-0.15, -0.1) is 0 Å². The lowest BCUT2D eigenvalue weighted by molar-refractivity contribution is -0.130. The fourth-order valence-corrected chi connectivity index (χ4v) is 2.15. The third-order valence-corrected chi connectivity index (χ3v) is 3.34. The number of carbonyl (C=O) groups is 1. The van der Waals surface area contributed by atoms with Crippen LogP contribution in [0.15, 0.2) is 42.5 Å². The second-order valence-corrected chi connectivity index (χ2v) is 4.95. The molecule has 0 spiro atoms. The molecule has 0 aliphatic rings. The molecule has 0 aliphatic carbocycles. The molecule has 0 aliphatic heterocycles.